The van der Waals surface area contributed by atoms with Crippen LogP contribution in [0, 0.1) is 6.92 Å². The lowest BCUT2D eigenvalue weighted by Gasteiger charge is -2.21. The van der Waals surface area contributed by atoms with Crippen molar-refractivity contribution in [2.45, 2.75) is 25.8 Å². The summed E-state index contributed by atoms with van der Waals surface area (Å²) in [5, 5.41) is 0. The zero-order valence-electron chi connectivity index (χ0n) is 12.9. The van der Waals surface area contributed by atoms with Crippen LogP contribution in [0.15, 0.2) is 18.5 Å². The van der Waals surface area contributed by atoms with E-state index in [1.807, 2.05) is 30.8 Å². The molecular formula is C14H19N5O2S. The Labute approximate surface area is 130 Å². The van der Waals surface area contributed by atoms with E-state index in [1.165, 1.54) is 10.6 Å². The molecule has 2 aromatic rings. The molecule has 1 atom stereocenters. The summed E-state index contributed by atoms with van der Waals surface area (Å²) in [6, 6.07) is 1.58. The third-order valence-corrected chi connectivity index (χ3v) is 5.14. The minimum Gasteiger partial charge on any atom is -0.333 e. The molecule has 0 N–H and O–H groups in total. The average Bonchev–Trinajstić information content (AvgIpc) is 3.05. The zero-order valence-corrected chi connectivity index (χ0v) is 13.7. The van der Waals surface area contributed by atoms with Crippen molar-refractivity contribution in [2.75, 3.05) is 12.8 Å². The quantitative estimate of drug-likeness (QED) is 0.850. The zero-order chi connectivity index (χ0) is 15.9. The third-order valence-electron chi connectivity index (χ3n) is 3.85. The van der Waals surface area contributed by atoms with Crippen molar-refractivity contribution in [3.05, 3.63) is 30.0 Å². The fourth-order valence-corrected chi connectivity index (χ4v) is 3.99. The molecule has 1 unspecified atom stereocenters. The molecule has 0 amide bonds. The molecule has 0 spiro atoms. The molecule has 1 aliphatic heterocycles. The van der Waals surface area contributed by atoms with Crippen LogP contribution in [0.1, 0.15) is 30.4 Å². The molecule has 118 valence electrons. The van der Waals surface area contributed by atoms with Crippen LogP contribution in [0.5, 0.6) is 0 Å². The van der Waals surface area contributed by atoms with Crippen LogP contribution < -0.4 is 0 Å². The van der Waals surface area contributed by atoms with Crippen LogP contribution in [0.3, 0.4) is 0 Å². The van der Waals surface area contributed by atoms with Gasteiger partial charge in [0.05, 0.1) is 12.3 Å². The first kappa shape index (κ1) is 15.1. The predicted octanol–water partition coefficient (Wildman–Crippen LogP) is 1.28. The molecule has 3 heterocycles. The highest BCUT2D eigenvalue weighted by Gasteiger charge is 2.34. The Bertz CT molecular complexity index is 799. The molecule has 0 bridgehead atoms. The van der Waals surface area contributed by atoms with Crippen molar-refractivity contribution in [3.8, 4) is 11.5 Å². The van der Waals surface area contributed by atoms with Gasteiger partial charge in [0.25, 0.3) is 0 Å². The molecule has 1 saturated heterocycles. The molecular weight excluding hydrogens is 302 g/mol. The average molecular weight is 321 g/mol. The summed E-state index contributed by atoms with van der Waals surface area (Å²) < 4.78 is 27.2. The van der Waals surface area contributed by atoms with Crippen LogP contribution in [-0.2, 0) is 17.1 Å². The highest BCUT2D eigenvalue weighted by molar-refractivity contribution is 7.88. The summed E-state index contributed by atoms with van der Waals surface area (Å²) in [5.74, 6) is 1.30. The van der Waals surface area contributed by atoms with E-state index in [4.69, 9.17) is 0 Å². The SMILES string of the molecule is Cc1cc(-c2nccn2C)nc(C2CCCN2S(C)(=O)=O)n1. The summed E-state index contributed by atoms with van der Waals surface area (Å²) in [5.41, 5.74) is 1.53. The van der Waals surface area contributed by atoms with E-state index in [2.05, 4.69) is 15.0 Å². The number of aromatic nitrogens is 4. The molecule has 0 aromatic carbocycles. The van der Waals surface area contributed by atoms with Gasteiger partial charge < -0.3 is 4.57 Å². The predicted molar refractivity (Wildman–Crippen MR) is 82.5 cm³/mol. The Morgan fingerprint density at radius 3 is 2.73 bits per heavy atom. The van der Waals surface area contributed by atoms with Gasteiger partial charge in [0.1, 0.15) is 11.5 Å². The van der Waals surface area contributed by atoms with E-state index in [1.54, 1.807) is 6.20 Å². The second-order valence-corrected chi connectivity index (χ2v) is 7.58. The molecule has 1 fully saturated rings. The van der Waals surface area contributed by atoms with Crippen LogP contribution in [0.4, 0.5) is 0 Å². The molecule has 1 aliphatic rings. The number of imidazole rings is 1. The molecule has 7 nitrogen and oxygen atoms in total. The minimum absolute atomic E-state index is 0.283. The maximum absolute atomic E-state index is 11.9. The lowest BCUT2D eigenvalue weighted by Crippen LogP contribution is -2.30. The van der Waals surface area contributed by atoms with Gasteiger partial charge in [-0.15, -0.1) is 0 Å². The van der Waals surface area contributed by atoms with E-state index in [0.29, 0.717) is 12.4 Å². The van der Waals surface area contributed by atoms with E-state index >= 15 is 0 Å². The van der Waals surface area contributed by atoms with Gasteiger partial charge in [-0.2, -0.15) is 4.31 Å². The monoisotopic (exact) mass is 321 g/mol. The maximum Gasteiger partial charge on any atom is 0.211 e. The number of sulfonamides is 1. The second kappa shape index (κ2) is 5.44. The Morgan fingerprint density at radius 2 is 2.09 bits per heavy atom. The smallest absolute Gasteiger partial charge is 0.211 e. The maximum atomic E-state index is 11.9. The highest BCUT2D eigenvalue weighted by Crippen LogP contribution is 2.32. The Kier molecular flexibility index (Phi) is 3.73. The summed E-state index contributed by atoms with van der Waals surface area (Å²) >= 11 is 0. The Balaban J connectivity index is 2.05. The van der Waals surface area contributed by atoms with Crippen molar-refractivity contribution in [1.29, 1.82) is 0 Å². The summed E-state index contributed by atoms with van der Waals surface area (Å²) in [6.45, 7) is 2.41. The highest BCUT2D eigenvalue weighted by atomic mass is 32.2. The first-order valence-electron chi connectivity index (χ1n) is 7.16. The van der Waals surface area contributed by atoms with E-state index in [9.17, 15) is 8.42 Å². The fourth-order valence-electron chi connectivity index (χ4n) is 2.86. The Hall–Kier alpha value is -1.80. The second-order valence-electron chi connectivity index (χ2n) is 5.65. The lowest BCUT2D eigenvalue weighted by atomic mass is 10.2. The van der Waals surface area contributed by atoms with Gasteiger partial charge in [0.15, 0.2) is 5.82 Å². The first-order chi connectivity index (χ1) is 10.4. The van der Waals surface area contributed by atoms with E-state index in [0.717, 1.165) is 30.1 Å². The van der Waals surface area contributed by atoms with Crippen LogP contribution >= 0.6 is 0 Å². The van der Waals surface area contributed by atoms with Crippen LogP contribution in [0.2, 0.25) is 0 Å². The van der Waals surface area contributed by atoms with E-state index < -0.39 is 10.0 Å². The summed E-state index contributed by atoms with van der Waals surface area (Å²) in [7, 11) is -1.35. The van der Waals surface area contributed by atoms with Gasteiger partial charge in [-0.05, 0) is 25.8 Å². The number of rotatable bonds is 3. The van der Waals surface area contributed by atoms with Crippen molar-refractivity contribution >= 4 is 10.0 Å². The van der Waals surface area contributed by atoms with Crippen molar-refractivity contribution in [1.82, 2.24) is 23.8 Å². The standard InChI is InChI=1S/C14H19N5O2S/c1-10-9-11(14-15-6-8-18(14)2)17-13(16-10)12-5-4-7-19(12)22(3,20)21/h6,8-9,12H,4-5,7H2,1-3H3. The summed E-state index contributed by atoms with van der Waals surface area (Å²) in [6.07, 6.45) is 6.37. The van der Waals surface area contributed by atoms with Gasteiger partial charge in [0, 0.05) is 31.7 Å². The van der Waals surface area contributed by atoms with Crippen molar-refractivity contribution in [3.63, 3.8) is 0 Å². The van der Waals surface area contributed by atoms with E-state index in [-0.39, 0.29) is 6.04 Å². The number of hydrogen-bond acceptors (Lipinski definition) is 5. The minimum atomic E-state index is -3.26. The number of nitrogens with zero attached hydrogens (tertiary/aromatic N) is 5. The third kappa shape index (κ3) is 2.76. The largest absolute Gasteiger partial charge is 0.333 e. The number of hydrogen-bond donors (Lipinski definition) is 0. The van der Waals surface area contributed by atoms with Gasteiger partial charge in [-0.1, -0.05) is 0 Å². The molecule has 0 radical (unpaired) electrons. The molecule has 3 rings (SSSR count). The molecule has 0 saturated carbocycles. The molecule has 0 aliphatic carbocycles. The normalized spacial score (nSPS) is 19.7. The van der Waals surface area contributed by atoms with Gasteiger partial charge in [-0.3, -0.25) is 0 Å². The van der Waals surface area contributed by atoms with Gasteiger partial charge in [-0.25, -0.2) is 23.4 Å². The van der Waals surface area contributed by atoms with Gasteiger partial charge in [0.2, 0.25) is 10.0 Å². The van der Waals surface area contributed by atoms with Crippen LogP contribution in [-0.4, -0.2) is 45.0 Å². The molecule has 22 heavy (non-hydrogen) atoms. The topological polar surface area (TPSA) is 81.0 Å². The Morgan fingerprint density at radius 1 is 1.32 bits per heavy atom. The van der Waals surface area contributed by atoms with Crippen molar-refractivity contribution < 1.29 is 8.42 Å². The van der Waals surface area contributed by atoms with Crippen molar-refractivity contribution in [2.24, 2.45) is 7.05 Å². The molecule has 8 heteroatoms. The first-order valence-corrected chi connectivity index (χ1v) is 9.01. The lowest BCUT2D eigenvalue weighted by molar-refractivity contribution is 0.386. The van der Waals surface area contributed by atoms with Gasteiger partial charge >= 0.3 is 0 Å². The molecule has 2 aromatic heterocycles. The fraction of sp³-hybridized carbons (Fsp3) is 0.500. The number of aryl methyl sites for hydroxylation is 2. The van der Waals surface area contributed by atoms with Crippen LogP contribution in [0.25, 0.3) is 11.5 Å². The summed E-state index contributed by atoms with van der Waals surface area (Å²) in [4.78, 5) is 13.4.